The number of nitrogens with zero attached hydrogens (tertiary/aromatic N) is 2. The van der Waals surface area contributed by atoms with Crippen molar-refractivity contribution in [1.82, 2.24) is 10.2 Å². The molecular formula is C25H29N3O. The minimum Gasteiger partial charge on any atom is -0.365 e. The standard InChI is InChI=1S/C25H29N3O/c1-27(24-12-11-21-9-5-6-10-22(21)17-24)19-25(29)26-23-13-15-28(16-14-23)18-20-7-3-2-4-8-20/h2-12,17,23H,13-16,18-19H2,1H3,(H,26,29). The third-order valence-corrected chi connectivity index (χ3v) is 5.76. The highest BCUT2D eigenvalue weighted by molar-refractivity contribution is 5.87. The molecule has 1 N–H and O–H groups in total. The Morgan fingerprint density at radius 3 is 2.41 bits per heavy atom. The molecule has 3 aromatic rings. The van der Waals surface area contributed by atoms with Crippen LogP contribution in [-0.4, -0.2) is 43.5 Å². The second-order valence-corrected chi connectivity index (χ2v) is 7.99. The number of hydrogen-bond donors (Lipinski definition) is 1. The summed E-state index contributed by atoms with van der Waals surface area (Å²) in [5.74, 6) is 0.0992. The molecule has 3 aromatic carbocycles. The van der Waals surface area contributed by atoms with Gasteiger partial charge in [0.15, 0.2) is 0 Å². The maximum absolute atomic E-state index is 12.6. The Bertz CT molecular complexity index is 948. The average molecular weight is 388 g/mol. The van der Waals surface area contributed by atoms with Gasteiger partial charge in [-0.05, 0) is 41.3 Å². The summed E-state index contributed by atoms with van der Waals surface area (Å²) < 4.78 is 0. The molecule has 4 rings (SSSR count). The Morgan fingerprint density at radius 2 is 1.66 bits per heavy atom. The lowest BCUT2D eigenvalue weighted by Gasteiger charge is -2.32. The predicted molar refractivity (Wildman–Crippen MR) is 120 cm³/mol. The van der Waals surface area contributed by atoms with Gasteiger partial charge in [0.1, 0.15) is 0 Å². The first-order valence-corrected chi connectivity index (χ1v) is 10.4. The maximum Gasteiger partial charge on any atom is 0.239 e. The van der Waals surface area contributed by atoms with Crippen LogP contribution in [0.15, 0.2) is 72.8 Å². The molecule has 4 heteroatoms. The first-order valence-electron chi connectivity index (χ1n) is 10.4. The molecule has 0 spiro atoms. The molecule has 0 aromatic heterocycles. The Balaban J connectivity index is 1.25. The highest BCUT2D eigenvalue weighted by Gasteiger charge is 2.21. The van der Waals surface area contributed by atoms with Crippen LogP contribution in [0.1, 0.15) is 18.4 Å². The minimum atomic E-state index is 0.0992. The van der Waals surface area contributed by atoms with E-state index in [1.165, 1.54) is 16.3 Å². The first kappa shape index (κ1) is 19.5. The van der Waals surface area contributed by atoms with E-state index in [1.807, 2.05) is 24.1 Å². The number of rotatable bonds is 6. The van der Waals surface area contributed by atoms with E-state index in [2.05, 4.69) is 70.9 Å². The van der Waals surface area contributed by atoms with Crippen molar-refractivity contribution >= 4 is 22.4 Å². The van der Waals surface area contributed by atoms with Crippen LogP contribution in [0.3, 0.4) is 0 Å². The van der Waals surface area contributed by atoms with Gasteiger partial charge in [-0.25, -0.2) is 0 Å². The number of carbonyl (C=O) groups is 1. The van der Waals surface area contributed by atoms with E-state index in [4.69, 9.17) is 0 Å². The van der Waals surface area contributed by atoms with E-state index >= 15 is 0 Å². The summed E-state index contributed by atoms with van der Waals surface area (Å²) in [5, 5.41) is 5.65. The zero-order valence-electron chi connectivity index (χ0n) is 17.1. The first-order chi connectivity index (χ1) is 14.2. The fourth-order valence-corrected chi connectivity index (χ4v) is 4.07. The van der Waals surface area contributed by atoms with E-state index in [1.54, 1.807) is 0 Å². The van der Waals surface area contributed by atoms with Crippen LogP contribution in [0.5, 0.6) is 0 Å². The molecule has 1 aliphatic rings. The van der Waals surface area contributed by atoms with E-state index in [0.29, 0.717) is 6.54 Å². The Kier molecular flexibility index (Phi) is 6.11. The van der Waals surface area contributed by atoms with Crippen molar-refractivity contribution in [2.45, 2.75) is 25.4 Å². The number of benzene rings is 3. The Labute approximate surface area is 173 Å². The number of hydrogen-bond acceptors (Lipinski definition) is 3. The lowest BCUT2D eigenvalue weighted by atomic mass is 10.0. The number of likely N-dealkylation sites (tertiary alicyclic amines) is 1. The summed E-state index contributed by atoms with van der Waals surface area (Å²) in [6, 6.07) is 25.5. The van der Waals surface area contributed by atoms with Gasteiger partial charge in [-0.2, -0.15) is 0 Å². The summed E-state index contributed by atoms with van der Waals surface area (Å²) in [5.41, 5.74) is 2.42. The Hall–Kier alpha value is -2.85. The van der Waals surface area contributed by atoms with Crippen molar-refractivity contribution in [1.29, 1.82) is 0 Å². The fourth-order valence-electron chi connectivity index (χ4n) is 4.07. The van der Waals surface area contributed by atoms with E-state index < -0.39 is 0 Å². The van der Waals surface area contributed by atoms with Gasteiger partial charge in [0.05, 0.1) is 6.54 Å². The molecule has 150 valence electrons. The van der Waals surface area contributed by atoms with Crippen LogP contribution in [0.25, 0.3) is 10.8 Å². The zero-order chi connectivity index (χ0) is 20.1. The number of fused-ring (bicyclic) bond motifs is 1. The molecule has 0 saturated carbocycles. The van der Waals surface area contributed by atoms with Crippen molar-refractivity contribution in [2.75, 3.05) is 31.6 Å². The molecule has 1 heterocycles. The van der Waals surface area contributed by atoms with Gasteiger partial charge in [-0.15, -0.1) is 0 Å². The molecular weight excluding hydrogens is 358 g/mol. The number of likely N-dealkylation sites (N-methyl/N-ethyl adjacent to an activating group) is 1. The third-order valence-electron chi connectivity index (χ3n) is 5.76. The SMILES string of the molecule is CN(CC(=O)NC1CCN(Cc2ccccc2)CC1)c1ccc2ccccc2c1. The largest absolute Gasteiger partial charge is 0.365 e. The molecule has 4 nitrogen and oxygen atoms in total. The van der Waals surface area contributed by atoms with Gasteiger partial charge < -0.3 is 10.2 Å². The number of nitrogens with one attached hydrogen (secondary N) is 1. The summed E-state index contributed by atoms with van der Waals surface area (Å²) in [4.78, 5) is 17.1. The minimum absolute atomic E-state index is 0.0992. The van der Waals surface area contributed by atoms with E-state index in [9.17, 15) is 4.79 Å². The summed E-state index contributed by atoms with van der Waals surface area (Å²) in [6.45, 7) is 3.43. The summed E-state index contributed by atoms with van der Waals surface area (Å²) in [6.07, 6.45) is 2.02. The molecule has 0 atom stereocenters. The number of piperidine rings is 1. The molecule has 0 bridgehead atoms. The molecule has 1 fully saturated rings. The van der Waals surface area contributed by atoms with Crippen molar-refractivity contribution in [3.63, 3.8) is 0 Å². The van der Waals surface area contributed by atoms with Gasteiger partial charge in [0.2, 0.25) is 5.91 Å². The number of carbonyl (C=O) groups excluding carboxylic acids is 1. The molecule has 1 amide bonds. The zero-order valence-corrected chi connectivity index (χ0v) is 17.1. The van der Waals surface area contributed by atoms with E-state index in [-0.39, 0.29) is 11.9 Å². The topological polar surface area (TPSA) is 35.6 Å². The smallest absolute Gasteiger partial charge is 0.239 e. The second kappa shape index (κ2) is 9.10. The van der Waals surface area contributed by atoms with Crippen molar-refractivity contribution < 1.29 is 4.79 Å². The van der Waals surface area contributed by atoms with Crippen LogP contribution < -0.4 is 10.2 Å². The summed E-state index contributed by atoms with van der Waals surface area (Å²) >= 11 is 0. The van der Waals surface area contributed by atoms with Gasteiger partial charge in [0.25, 0.3) is 0 Å². The quantitative estimate of drug-likeness (QED) is 0.693. The molecule has 0 aliphatic carbocycles. The normalized spacial score (nSPS) is 15.3. The van der Waals surface area contributed by atoms with Gasteiger partial charge in [-0.1, -0.05) is 60.7 Å². The Morgan fingerprint density at radius 1 is 0.966 bits per heavy atom. The predicted octanol–water partition coefficient (Wildman–Crippen LogP) is 4.06. The van der Waals surface area contributed by atoms with Crippen molar-refractivity contribution in [3.05, 3.63) is 78.4 Å². The molecule has 0 radical (unpaired) electrons. The highest BCUT2D eigenvalue weighted by atomic mass is 16.2. The van der Waals surface area contributed by atoms with E-state index in [0.717, 1.165) is 38.2 Å². The molecule has 1 aliphatic heterocycles. The maximum atomic E-state index is 12.6. The molecule has 29 heavy (non-hydrogen) atoms. The average Bonchev–Trinajstić information content (AvgIpc) is 2.75. The van der Waals surface area contributed by atoms with Gasteiger partial charge in [-0.3, -0.25) is 9.69 Å². The van der Waals surface area contributed by atoms with Crippen LogP contribution in [0, 0.1) is 0 Å². The van der Waals surface area contributed by atoms with Gasteiger partial charge in [0, 0.05) is 38.4 Å². The molecule has 0 unspecified atom stereocenters. The number of amides is 1. The van der Waals surface area contributed by atoms with Crippen molar-refractivity contribution in [3.8, 4) is 0 Å². The molecule has 1 saturated heterocycles. The monoisotopic (exact) mass is 387 g/mol. The van der Waals surface area contributed by atoms with Crippen LogP contribution in [-0.2, 0) is 11.3 Å². The second-order valence-electron chi connectivity index (χ2n) is 7.99. The van der Waals surface area contributed by atoms with Crippen LogP contribution in [0.4, 0.5) is 5.69 Å². The number of anilines is 1. The lowest BCUT2D eigenvalue weighted by molar-refractivity contribution is -0.120. The fraction of sp³-hybridized carbons (Fsp3) is 0.320. The highest BCUT2D eigenvalue weighted by Crippen LogP contribution is 2.21. The lowest BCUT2D eigenvalue weighted by Crippen LogP contribution is -2.46. The van der Waals surface area contributed by atoms with Crippen LogP contribution >= 0.6 is 0 Å². The third kappa shape index (κ3) is 5.15. The van der Waals surface area contributed by atoms with Gasteiger partial charge >= 0.3 is 0 Å². The van der Waals surface area contributed by atoms with Crippen LogP contribution in [0.2, 0.25) is 0 Å². The summed E-state index contributed by atoms with van der Waals surface area (Å²) in [7, 11) is 1.98. The van der Waals surface area contributed by atoms with Crippen molar-refractivity contribution in [2.24, 2.45) is 0 Å².